The molecule has 0 unspecified atom stereocenters. The van der Waals surface area contributed by atoms with Crippen molar-refractivity contribution in [1.29, 1.82) is 0 Å². The van der Waals surface area contributed by atoms with Crippen LogP contribution in [0, 0.1) is 6.92 Å². The van der Waals surface area contributed by atoms with Crippen LogP contribution in [-0.2, 0) is 6.54 Å². The van der Waals surface area contributed by atoms with Crippen LogP contribution in [0.25, 0.3) is 0 Å². The molecule has 1 heterocycles. The van der Waals surface area contributed by atoms with Gasteiger partial charge in [-0.2, -0.15) is 0 Å². The molecule has 3 heteroatoms. The Bertz CT molecular complexity index is 293. The first-order valence-electron chi connectivity index (χ1n) is 4.85. The third-order valence-corrected chi connectivity index (χ3v) is 2.12. The Morgan fingerprint density at radius 2 is 2.07 bits per heavy atom. The molecule has 78 valence electrons. The lowest BCUT2D eigenvalue weighted by Gasteiger charge is -2.21. The molecule has 0 aliphatic rings. The number of nitrogens with two attached hydrogens (primary N) is 1. The summed E-state index contributed by atoms with van der Waals surface area (Å²) in [6, 6.07) is 1.98. The van der Waals surface area contributed by atoms with Gasteiger partial charge in [0.2, 0.25) is 0 Å². The maximum absolute atomic E-state index is 5.80. The van der Waals surface area contributed by atoms with Crippen molar-refractivity contribution in [3.8, 4) is 0 Å². The Kier molecular flexibility index (Phi) is 3.11. The van der Waals surface area contributed by atoms with Gasteiger partial charge in [0.25, 0.3) is 0 Å². The first-order valence-corrected chi connectivity index (χ1v) is 4.85. The first-order chi connectivity index (χ1) is 6.40. The van der Waals surface area contributed by atoms with Gasteiger partial charge in [0.1, 0.15) is 5.82 Å². The zero-order valence-corrected chi connectivity index (χ0v) is 9.39. The van der Waals surface area contributed by atoms with Gasteiger partial charge in [-0.3, -0.25) is 0 Å². The van der Waals surface area contributed by atoms with Gasteiger partial charge >= 0.3 is 0 Å². The number of rotatable bonds is 2. The lowest BCUT2D eigenvalue weighted by atomic mass is 10.1. The average molecular weight is 193 g/mol. The van der Waals surface area contributed by atoms with E-state index in [1.54, 1.807) is 6.20 Å². The number of anilines is 1. The molecule has 0 aromatic carbocycles. The highest BCUT2D eigenvalue weighted by Crippen LogP contribution is 2.14. The van der Waals surface area contributed by atoms with Gasteiger partial charge in [-0.25, -0.2) is 4.98 Å². The lowest BCUT2D eigenvalue weighted by molar-refractivity contribution is 0.424. The van der Waals surface area contributed by atoms with E-state index in [0.29, 0.717) is 5.82 Å². The molecule has 0 radical (unpaired) electrons. The summed E-state index contributed by atoms with van der Waals surface area (Å²) < 4.78 is 0. The topological polar surface area (TPSA) is 50.9 Å². The number of aryl methyl sites for hydroxylation is 1. The summed E-state index contributed by atoms with van der Waals surface area (Å²) in [6.07, 6.45) is 1.74. The second kappa shape index (κ2) is 3.96. The maximum Gasteiger partial charge on any atom is 0.128 e. The normalized spacial score (nSPS) is 11.7. The van der Waals surface area contributed by atoms with Crippen molar-refractivity contribution in [3.05, 3.63) is 23.4 Å². The summed E-state index contributed by atoms with van der Waals surface area (Å²) in [5.74, 6) is 0.627. The molecule has 1 aromatic rings. The van der Waals surface area contributed by atoms with E-state index in [2.05, 4.69) is 38.0 Å². The van der Waals surface area contributed by atoms with Crippen molar-refractivity contribution >= 4 is 5.82 Å². The minimum atomic E-state index is 0.106. The lowest BCUT2D eigenvalue weighted by Crippen LogP contribution is -2.35. The van der Waals surface area contributed by atoms with Gasteiger partial charge < -0.3 is 11.1 Å². The molecular formula is C11H19N3. The highest BCUT2D eigenvalue weighted by atomic mass is 15.0. The molecule has 3 N–H and O–H groups in total. The number of aromatic nitrogens is 1. The second-order valence-electron chi connectivity index (χ2n) is 4.60. The maximum atomic E-state index is 5.80. The van der Waals surface area contributed by atoms with Crippen molar-refractivity contribution in [3.63, 3.8) is 0 Å². The van der Waals surface area contributed by atoms with Crippen LogP contribution in [0.1, 0.15) is 31.9 Å². The van der Waals surface area contributed by atoms with Gasteiger partial charge in [0, 0.05) is 23.8 Å². The highest BCUT2D eigenvalue weighted by molar-refractivity contribution is 5.43. The molecule has 3 nitrogen and oxygen atoms in total. The van der Waals surface area contributed by atoms with Gasteiger partial charge in [-0.1, -0.05) is 0 Å². The van der Waals surface area contributed by atoms with Crippen LogP contribution in [0.5, 0.6) is 0 Å². The van der Waals surface area contributed by atoms with Crippen LogP contribution in [0.4, 0.5) is 5.82 Å². The van der Waals surface area contributed by atoms with Gasteiger partial charge in [0.05, 0.1) is 0 Å². The number of hydrogen-bond acceptors (Lipinski definition) is 3. The SMILES string of the molecule is Cc1ccnc(N)c1CNC(C)(C)C. The minimum absolute atomic E-state index is 0.106. The minimum Gasteiger partial charge on any atom is -0.383 e. The van der Waals surface area contributed by atoms with Crippen molar-refractivity contribution in [2.75, 3.05) is 5.73 Å². The molecule has 0 spiro atoms. The van der Waals surface area contributed by atoms with Crippen molar-refractivity contribution < 1.29 is 0 Å². The molecule has 1 aromatic heterocycles. The summed E-state index contributed by atoms with van der Waals surface area (Å²) in [6.45, 7) is 9.23. The van der Waals surface area contributed by atoms with Crippen LogP contribution < -0.4 is 11.1 Å². The molecule has 0 bridgehead atoms. The van der Waals surface area contributed by atoms with Gasteiger partial charge in [0.15, 0.2) is 0 Å². The van der Waals surface area contributed by atoms with E-state index in [-0.39, 0.29) is 5.54 Å². The fraction of sp³-hybridized carbons (Fsp3) is 0.545. The first kappa shape index (κ1) is 11.0. The molecule has 14 heavy (non-hydrogen) atoms. The van der Waals surface area contributed by atoms with Crippen LogP contribution in [0.2, 0.25) is 0 Å². The van der Waals surface area contributed by atoms with Crippen LogP contribution in [-0.4, -0.2) is 10.5 Å². The van der Waals surface area contributed by atoms with Crippen LogP contribution >= 0.6 is 0 Å². The number of nitrogen functional groups attached to an aromatic ring is 1. The van der Waals surface area contributed by atoms with E-state index in [9.17, 15) is 0 Å². The number of pyridine rings is 1. The highest BCUT2D eigenvalue weighted by Gasteiger charge is 2.11. The molecule has 1 rings (SSSR count). The quantitative estimate of drug-likeness (QED) is 0.753. The Morgan fingerprint density at radius 3 is 2.57 bits per heavy atom. The Labute approximate surface area is 85.7 Å². The second-order valence-corrected chi connectivity index (χ2v) is 4.60. The van der Waals surface area contributed by atoms with Gasteiger partial charge in [-0.15, -0.1) is 0 Å². The Balaban J connectivity index is 2.77. The predicted molar refractivity (Wildman–Crippen MR) is 60.0 cm³/mol. The monoisotopic (exact) mass is 193 g/mol. The van der Waals surface area contributed by atoms with Gasteiger partial charge in [-0.05, 0) is 39.3 Å². The standard InChI is InChI=1S/C11H19N3/c1-8-5-6-13-10(12)9(8)7-14-11(2,3)4/h5-6,14H,7H2,1-4H3,(H2,12,13). The smallest absolute Gasteiger partial charge is 0.128 e. The summed E-state index contributed by atoms with van der Waals surface area (Å²) in [4.78, 5) is 4.08. The van der Waals surface area contributed by atoms with Crippen molar-refractivity contribution in [2.45, 2.75) is 39.8 Å². The van der Waals surface area contributed by atoms with E-state index in [0.717, 1.165) is 12.1 Å². The molecule has 0 amide bonds. The van der Waals surface area contributed by atoms with Crippen molar-refractivity contribution in [2.24, 2.45) is 0 Å². The number of nitrogens with one attached hydrogen (secondary N) is 1. The molecule has 0 aliphatic carbocycles. The summed E-state index contributed by atoms with van der Waals surface area (Å²) in [5.41, 5.74) is 8.19. The Hall–Kier alpha value is -1.09. The van der Waals surface area contributed by atoms with Crippen LogP contribution in [0.3, 0.4) is 0 Å². The molecule has 0 fully saturated rings. The van der Waals surface area contributed by atoms with E-state index in [1.165, 1.54) is 5.56 Å². The molecule has 0 atom stereocenters. The van der Waals surface area contributed by atoms with E-state index in [4.69, 9.17) is 5.73 Å². The van der Waals surface area contributed by atoms with Crippen molar-refractivity contribution in [1.82, 2.24) is 10.3 Å². The largest absolute Gasteiger partial charge is 0.383 e. The molecule has 0 saturated carbocycles. The molecule has 0 saturated heterocycles. The molecule has 0 aliphatic heterocycles. The zero-order chi connectivity index (χ0) is 10.8. The van der Waals surface area contributed by atoms with Crippen LogP contribution in [0.15, 0.2) is 12.3 Å². The summed E-state index contributed by atoms with van der Waals surface area (Å²) in [7, 11) is 0. The predicted octanol–water partition coefficient (Wildman–Crippen LogP) is 1.86. The summed E-state index contributed by atoms with van der Waals surface area (Å²) >= 11 is 0. The van der Waals surface area contributed by atoms with E-state index in [1.807, 2.05) is 6.07 Å². The van der Waals surface area contributed by atoms with E-state index < -0.39 is 0 Å². The summed E-state index contributed by atoms with van der Waals surface area (Å²) in [5, 5.41) is 3.40. The molecular weight excluding hydrogens is 174 g/mol. The number of hydrogen-bond donors (Lipinski definition) is 2. The Morgan fingerprint density at radius 1 is 1.43 bits per heavy atom. The fourth-order valence-corrected chi connectivity index (χ4v) is 1.19. The number of nitrogens with zero attached hydrogens (tertiary/aromatic N) is 1. The third-order valence-electron chi connectivity index (χ3n) is 2.12. The fourth-order valence-electron chi connectivity index (χ4n) is 1.19. The third kappa shape index (κ3) is 3.00. The average Bonchev–Trinajstić information content (AvgIpc) is 2.01. The zero-order valence-electron chi connectivity index (χ0n) is 9.39. The van der Waals surface area contributed by atoms with E-state index >= 15 is 0 Å².